The molecule has 3 N–H and O–H groups in total. The molecule has 0 saturated heterocycles. The van der Waals surface area contributed by atoms with E-state index in [1.54, 1.807) is 6.07 Å². The van der Waals surface area contributed by atoms with Crippen molar-refractivity contribution < 1.29 is 9.90 Å². The molecule has 1 aliphatic rings. The van der Waals surface area contributed by atoms with E-state index in [1.807, 2.05) is 13.8 Å². The van der Waals surface area contributed by atoms with E-state index in [0.717, 1.165) is 18.5 Å². The number of carbonyl (C=O) groups excluding carboxylic acids is 1. The Bertz CT molecular complexity index is 398. The fraction of sp³-hybridized carbons (Fsp3) is 0.636. The van der Waals surface area contributed by atoms with Crippen molar-refractivity contribution in [1.29, 1.82) is 0 Å². The Hall–Kier alpha value is -1.36. The fourth-order valence-corrected chi connectivity index (χ4v) is 1.85. The number of hydrogen-bond acceptors (Lipinski definition) is 3. The van der Waals surface area contributed by atoms with Crippen LogP contribution in [-0.4, -0.2) is 33.4 Å². The molecule has 88 valence electrons. The SMILES string of the molecule is Cc1cc(C(=O)NC(C)(CO)C2CC2)n[nH]1. The molecule has 1 heterocycles. The minimum Gasteiger partial charge on any atom is -0.394 e. The zero-order chi connectivity index (χ0) is 11.8. The van der Waals surface area contributed by atoms with Crippen LogP contribution >= 0.6 is 0 Å². The van der Waals surface area contributed by atoms with E-state index in [2.05, 4.69) is 15.5 Å². The third kappa shape index (κ3) is 2.09. The number of H-pyrrole nitrogens is 1. The number of aliphatic hydroxyl groups excluding tert-OH is 1. The Morgan fingerprint density at radius 3 is 2.88 bits per heavy atom. The number of aromatic nitrogens is 2. The lowest BCUT2D eigenvalue weighted by Crippen LogP contribution is -2.50. The van der Waals surface area contributed by atoms with Gasteiger partial charge in [-0.2, -0.15) is 5.10 Å². The van der Waals surface area contributed by atoms with Crippen molar-refractivity contribution in [2.24, 2.45) is 5.92 Å². The maximum absolute atomic E-state index is 11.9. The van der Waals surface area contributed by atoms with Gasteiger partial charge in [0.15, 0.2) is 0 Å². The van der Waals surface area contributed by atoms with Gasteiger partial charge in [0, 0.05) is 5.69 Å². The number of aromatic amines is 1. The number of nitrogens with zero attached hydrogens (tertiary/aromatic N) is 1. The molecule has 1 aromatic rings. The predicted octanol–water partition coefficient (Wildman–Crippen LogP) is 0.609. The average Bonchev–Trinajstić information content (AvgIpc) is 3.02. The van der Waals surface area contributed by atoms with Crippen molar-refractivity contribution in [3.8, 4) is 0 Å². The van der Waals surface area contributed by atoms with E-state index in [9.17, 15) is 9.90 Å². The lowest BCUT2D eigenvalue weighted by Gasteiger charge is -2.28. The molecule has 1 amide bonds. The average molecular weight is 223 g/mol. The molecule has 5 nitrogen and oxygen atoms in total. The first-order valence-electron chi connectivity index (χ1n) is 5.50. The fourth-order valence-electron chi connectivity index (χ4n) is 1.85. The van der Waals surface area contributed by atoms with E-state index in [4.69, 9.17) is 0 Å². The second-order valence-corrected chi connectivity index (χ2v) is 4.74. The summed E-state index contributed by atoms with van der Waals surface area (Å²) in [5.74, 6) is 0.161. The van der Waals surface area contributed by atoms with Crippen molar-refractivity contribution in [3.63, 3.8) is 0 Å². The highest BCUT2D eigenvalue weighted by Crippen LogP contribution is 2.39. The van der Waals surface area contributed by atoms with Crippen LogP contribution in [0.3, 0.4) is 0 Å². The minimum absolute atomic E-state index is 0.0349. The highest BCUT2D eigenvalue weighted by molar-refractivity contribution is 5.92. The number of carbonyl (C=O) groups is 1. The Morgan fingerprint density at radius 2 is 2.44 bits per heavy atom. The van der Waals surface area contributed by atoms with Crippen LogP contribution in [-0.2, 0) is 0 Å². The zero-order valence-corrected chi connectivity index (χ0v) is 9.58. The molecule has 0 spiro atoms. The van der Waals surface area contributed by atoms with Crippen LogP contribution in [0, 0.1) is 12.8 Å². The summed E-state index contributed by atoms with van der Waals surface area (Å²) in [5, 5.41) is 18.8. The van der Waals surface area contributed by atoms with Gasteiger partial charge in [-0.15, -0.1) is 0 Å². The van der Waals surface area contributed by atoms with Gasteiger partial charge in [0.05, 0.1) is 12.1 Å². The van der Waals surface area contributed by atoms with Crippen LogP contribution in [0.1, 0.15) is 35.9 Å². The molecule has 1 fully saturated rings. The second kappa shape index (κ2) is 3.90. The van der Waals surface area contributed by atoms with Gasteiger partial charge in [0.1, 0.15) is 5.69 Å². The highest BCUT2D eigenvalue weighted by Gasteiger charge is 2.42. The Kier molecular flexibility index (Phi) is 2.71. The molecule has 0 aromatic carbocycles. The zero-order valence-electron chi connectivity index (χ0n) is 9.58. The van der Waals surface area contributed by atoms with Crippen molar-refractivity contribution in [2.75, 3.05) is 6.61 Å². The molecule has 16 heavy (non-hydrogen) atoms. The summed E-state index contributed by atoms with van der Waals surface area (Å²) < 4.78 is 0. The molecule has 1 saturated carbocycles. The van der Waals surface area contributed by atoms with E-state index >= 15 is 0 Å². The highest BCUT2D eigenvalue weighted by atomic mass is 16.3. The molecule has 1 aliphatic carbocycles. The third-order valence-electron chi connectivity index (χ3n) is 3.14. The number of rotatable bonds is 4. The standard InChI is InChI=1S/C11H17N3O2/c1-7-5-9(14-13-7)10(16)12-11(2,6-15)8-3-4-8/h5,8,15H,3-4,6H2,1-2H3,(H,12,16)(H,13,14). The molecule has 1 atom stereocenters. The monoisotopic (exact) mass is 223 g/mol. The van der Waals surface area contributed by atoms with Gasteiger partial charge in [-0.05, 0) is 38.7 Å². The lowest BCUT2D eigenvalue weighted by molar-refractivity contribution is 0.0819. The normalized spacial score (nSPS) is 19.2. The lowest BCUT2D eigenvalue weighted by atomic mass is 9.97. The Morgan fingerprint density at radius 1 is 1.75 bits per heavy atom. The van der Waals surface area contributed by atoms with Crippen LogP contribution in [0.15, 0.2) is 6.07 Å². The van der Waals surface area contributed by atoms with Gasteiger partial charge in [0.25, 0.3) is 5.91 Å². The second-order valence-electron chi connectivity index (χ2n) is 4.74. The van der Waals surface area contributed by atoms with Crippen LogP contribution in [0.25, 0.3) is 0 Å². The van der Waals surface area contributed by atoms with E-state index in [1.165, 1.54) is 0 Å². The first kappa shape index (κ1) is 11.1. The van der Waals surface area contributed by atoms with Gasteiger partial charge in [-0.25, -0.2) is 0 Å². The van der Waals surface area contributed by atoms with Crippen molar-refractivity contribution in [3.05, 3.63) is 17.5 Å². The smallest absolute Gasteiger partial charge is 0.272 e. The minimum atomic E-state index is -0.510. The third-order valence-corrected chi connectivity index (χ3v) is 3.14. The van der Waals surface area contributed by atoms with Crippen molar-refractivity contribution >= 4 is 5.91 Å². The van der Waals surface area contributed by atoms with Gasteiger partial charge in [-0.3, -0.25) is 9.89 Å². The first-order valence-corrected chi connectivity index (χ1v) is 5.50. The van der Waals surface area contributed by atoms with Crippen molar-refractivity contribution in [2.45, 2.75) is 32.2 Å². The van der Waals surface area contributed by atoms with Gasteiger partial charge in [0.2, 0.25) is 0 Å². The number of nitrogens with one attached hydrogen (secondary N) is 2. The van der Waals surface area contributed by atoms with E-state index in [0.29, 0.717) is 11.6 Å². The van der Waals surface area contributed by atoms with Crippen LogP contribution in [0.4, 0.5) is 0 Å². The Labute approximate surface area is 94.2 Å². The van der Waals surface area contributed by atoms with Crippen LogP contribution in [0.5, 0.6) is 0 Å². The molecule has 0 aliphatic heterocycles. The van der Waals surface area contributed by atoms with Crippen LogP contribution < -0.4 is 5.32 Å². The number of aryl methyl sites for hydroxylation is 1. The Balaban J connectivity index is 2.06. The quantitative estimate of drug-likeness (QED) is 0.699. The first-order chi connectivity index (χ1) is 7.55. The van der Waals surface area contributed by atoms with Crippen LogP contribution in [0.2, 0.25) is 0 Å². The van der Waals surface area contributed by atoms with Gasteiger partial charge >= 0.3 is 0 Å². The van der Waals surface area contributed by atoms with E-state index < -0.39 is 5.54 Å². The predicted molar refractivity (Wildman–Crippen MR) is 59.0 cm³/mol. The largest absolute Gasteiger partial charge is 0.394 e. The van der Waals surface area contributed by atoms with Gasteiger partial charge < -0.3 is 10.4 Å². The molecule has 0 bridgehead atoms. The number of aliphatic hydroxyl groups is 1. The molecular weight excluding hydrogens is 206 g/mol. The summed E-state index contributed by atoms with van der Waals surface area (Å²) in [5.41, 5.74) is 0.712. The number of amides is 1. The molecule has 0 radical (unpaired) electrons. The number of hydrogen-bond donors (Lipinski definition) is 3. The van der Waals surface area contributed by atoms with Gasteiger partial charge in [-0.1, -0.05) is 0 Å². The topological polar surface area (TPSA) is 78.0 Å². The maximum atomic E-state index is 11.9. The summed E-state index contributed by atoms with van der Waals surface area (Å²) in [6.45, 7) is 3.69. The van der Waals surface area contributed by atoms with E-state index in [-0.39, 0.29) is 12.5 Å². The summed E-state index contributed by atoms with van der Waals surface area (Å²) in [4.78, 5) is 11.9. The summed E-state index contributed by atoms with van der Waals surface area (Å²) in [6.07, 6.45) is 2.13. The molecular formula is C11H17N3O2. The molecule has 1 aromatic heterocycles. The molecule has 2 rings (SSSR count). The summed E-state index contributed by atoms with van der Waals surface area (Å²) in [6, 6.07) is 1.69. The molecule has 5 heteroatoms. The molecule has 1 unspecified atom stereocenters. The van der Waals surface area contributed by atoms with Crippen molar-refractivity contribution in [1.82, 2.24) is 15.5 Å². The maximum Gasteiger partial charge on any atom is 0.272 e. The summed E-state index contributed by atoms with van der Waals surface area (Å²) >= 11 is 0. The summed E-state index contributed by atoms with van der Waals surface area (Å²) in [7, 11) is 0.